The zero-order valence-corrected chi connectivity index (χ0v) is 9.77. The third kappa shape index (κ3) is 4.31. The number of carbonyl (C=O) groups is 1. The molecule has 0 atom stereocenters. The number of nitrogens with zero attached hydrogens (tertiary/aromatic N) is 1. The van der Waals surface area contributed by atoms with Crippen molar-refractivity contribution < 1.29 is 9.53 Å². The quantitative estimate of drug-likeness (QED) is 0.452. The summed E-state index contributed by atoms with van der Waals surface area (Å²) in [6.07, 6.45) is 1.33. The summed E-state index contributed by atoms with van der Waals surface area (Å²) in [5, 5.41) is 1.54. The standard InChI is InChI=1S/C12H18N2O2/c1-10(15)4-3-9-16-12-7-5-11(6-8-12)14(2)13/h5-8H,3-4,9,13H2,1-2H3. The van der Waals surface area contributed by atoms with Gasteiger partial charge < -0.3 is 14.5 Å². The molecule has 0 aliphatic rings. The largest absolute Gasteiger partial charge is 0.494 e. The number of rotatable bonds is 6. The first-order chi connectivity index (χ1) is 7.59. The number of benzene rings is 1. The lowest BCUT2D eigenvalue weighted by Crippen LogP contribution is -2.24. The number of hydrazine groups is 1. The van der Waals surface area contributed by atoms with Crippen molar-refractivity contribution in [1.82, 2.24) is 0 Å². The Morgan fingerprint density at radius 3 is 2.50 bits per heavy atom. The summed E-state index contributed by atoms with van der Waals surface area (Å²) in [5.74, 6) is 6.57. The second kappa shape index (κ2) is 6.12. The fourth-order valence-corrected chi connectivity index (χ4v) is 1.29. The SMILES string of the molecule is CC(=O)CCCOc1ccc(N(C)N)cc1. The summed E-state index contributed by atoms with van der Waals surface area (Å²) in [4.78, 5) is 10.7. The maximum absolute atomic E-state index is 10.7. The van der Waals surface area contributed by atoms with Gasteiger partial charge in [0.1, 0.15) is 11.5 Å². The summed E-state index contributed by atoms with van der Waals surface area (Å²) < 4.78 is 5.48. The molecular formula is C12H18N2O2. The molecule has 1 aromatic carbocycles. The molecule has 0 spiro atoms. The minimum atomic E-state index is 0.198. The molecule has 0 saturated heterocycles. The van der Waals surface area contributed by atoms with Crippen LogP contribution in [0.4, 0.5) is 5.69 Å². The number of hydrogen-bond acceptors (Lipinski definition) is 4. The van der Waals surface area contributed by atoms with Crippen molar-refractivity contribution in [3.8, 4) is 5.75 Å². The van der Waals surface area contributed by atoms with Gasteiger partial charge >= 0.3 is 0 Å². The van der Waals surface area contributed by atoms with E-state index in [0.29, 0.717) is 13.0 Å². The molecule has 1 rings (SSSR count). The van der Waals surface area contributed by atoms with Crippen LogP contribution in [0.3, 0.4) is 0 Å². The smallest absolute Gasteiger partial charge is 0.129 e. The molecule has 88 valence electrons. The summed E-state index contributed by atoms with van der Waals surface area (Å²) in [6.45, 7) is 2.16. The number of Topliss-reactive ketones (excluding diaryl/α,β-unsaturated/α-hetero) is 1. The Morgan fingerprint density at radius 2 is 2.00 bits per heavy atom. The highest BCUT2D eigenvalue weighted by Gasteiger charge is 1.98. The van der Waals surface area contributed by atoms with Crippen molar-refractivity contribution in [1.29, 1.82) is 0 Å². The van der Waals surface area contributed by atoms with E-state index in [1.54, 1.807) is 19.0 Å². The molecule has 0 aliphatic carbocycles. The van der Waals surface area contributed by atoms with Crippen LogP contribution in [0.2, 0.25) is 0 Å². The lowest BCUT2D eigenvalue weighted by Gasteiger charge is -2.12. The van der Waals surface area contributed by atoms with Gasteiger partial charge in [-0.1, -0.05) is 0 Å². The number of ketones is 1. The van der Waals surface area contributed by atoms with E-state index in [4.69, 9.17) is 10.6 Å². The fourth-order valence-electron chi connectivity index (χ4n) is 1.29. The van der Waals surface area contributed by atoms with Crippen LogP contribution in [-0.2, 0) is 4.79 Å². The lowest BCUT2D eigenvalue weighted by molar-refractivity contribution is -0.117. The zero-order chi connectivity index (χ0) is 12.0. The predicted molar refractivity (Wildman–Crippen MR) is 64.4 cm³/mol. The van der Waals surface area contributed by atoms with E-state index in [1.807, 2.05) is 24.3 Å². The fraction of sp³-hybridized carbons (Fsp3) is 0.417. The Bertz CT molecular complexity index is 333. The molecule has 0 radical (unpaired) electrons. The molecule has 2 N–H and O–H groups in total. The molecule has 0 unspecified atom stereocenters. The van der Waals surface area contributed by atoms with Crippen molar-refractivity contribution in [3.05, 3.63) is 24.3 Å². The molecule has 0 saturated carbocycles. The van der Waals surface area contributed by atoms with Crippen LogP contribution < -0.4 is 15.6 Å². The van der Waals surface area contributed by atoms with Gasteiger partial charge in [0.2, 0.25) is 0 Å². The molecule has 0 aromatic heterocycles. The molecule has 0 heterocycles. The monoisotopic (exact) mass is 222 g/mol. The normalized spacial score (nSPS) is 9.94. The Kier molecular flexibility index (Phi) is 4.79. The maximum Gasteiger partial charge on any atom is 0.129 e. The van der Waals surface area contributed by atoms with Gasteiger partial charge in [-0.2, -0.15) is 0 Å². The highest BCUT2D eigenvalue weighted by Crippen LogP contribution is 2.16. The van der Waals surface area contributed by atoms with Gasteiger partial charge in [0, 0.05) is 13.5 Å². The van der Waals surface area contributed by atoms with Crippen molar-refractivity contribution in [2.75, 3.05) is 18.7 Å². The second-order valence-electron chi connectivity index (χ2n) is 3.76. The van der Waals surface area contributed by atoms with Crippen molar-refractivity contribution in [3.63, 3.8) is 0 Å². The van der Waals surface area contributed by atoms with Crippen LogP contribution >= 0.6 is 0 Å². The number of carbonyl (C=O) groups excluding carboxylic acids is 1. The first-order valence-electron chi connectivity index (χ1n) is 5.30. The third-order valence-corrected chi connectivity index (χ3v) is 2.19. The van der Waals surface area contributed by atoms with Crippen LogP contribution in [0.1, 0.15) is 19.8 Å². The van der Waals surface area contributed by atoms with Crippen molar-refractivity contribution in [2.45, 2.75) is 19.8 Å². The Labute approximate surface area is 96.0 Å². The average molecular weight is 222 g/mol. The number of hydrogen-bond donors (Lipinski definition) is 1. The van der Waals surface area contributed by atoms with Crippen molar-refractivity contribution >= 4 is 11.5 Å². The molecule has 4 heteroatoms. The van der Waals surface area contributed by atoms with Crippen LogP contribution in [0.15, 0.2) is 24.3 Å². The van der Waals surface area contributed by atoms with E-state index < -0.39 is 0 Å². The van der Waals surface area contributed by atoms with Gasteiger partial charge in [-0.3, -0.25) is 0 Å². The molecule has 4 nitrogen and oxygen atoms in total. The lowest BCUT2D eigenvalue weighted by atomic mass is 10.2. The maximum atomic E-state index is 10.7. The number of nitrogens with two attached hydrogens (primary N) is 1. The molecule has 0 amide bonds. The van der Waals surface area contributed by atoms with Crippen LogP contribution in [-0.4, -0.2) is 19.4 Å². The van der Waals surface area contributed by atoms with E-state index >= 15 is 0 Å². The number of ether oxygens (including phenoxy) is 1. The molecule has 0 aliphatic heterocycles. The van der Waals surface area contributed by atoms with E-state index in [0.717, 1.165) is 17.9 Å². The average Bonchev–Trinajstić information content (AvgIpc) is 2.25. The van der Waals surface area contributed by atoms with Gasteiger partial charge in [-0.25, -0.2) is 5.84 Å². The minimum Gasteiger partial charge on any atom is -0.494 e. The van der Waals surface area contributed by atoms with Crippen LogP contribution in [0, 0.1) is 0 Å². The van der Waals surface area contributed by atoms with Crippen LogP contribution in [0.25, 0.3) is 0 Å². The van der Waals surface area contributed by atoms with Gasteiger partial charge in [0.15, 0.2) is 0 Å². The summed E-state index contributed by atoms with van der Waals surface area (Å²) in [5.41, 5.74) is 0.927. The second-order valence-corrected chi connectivity index (χ2v) is 3.76. The van der Waals surface area contributed by atoms with E-state index in [-0.39, 0.29) is 5.78 Å². The van der Waals surface area contributed by atoms with Crippen LogP contribution in [0.5, 0.6) is 5.75 Å². The molecule has 1 aromatic rings. The minimum absolute atomic E-state index is 0.198. The molecule has 0 bridgehead atoms. The van der Waals surface area contributed by atoms with Crippen molar-refractivity contribution in [2.24, 2.45) is 5.84 Å². The highest BCUT2D eigenvalue weighted by molar-refractivity contribution is 5.75. The Morgan fingerprint density at radius 1 is 1.38 bits per heavy atom. The predicted octanol–water partition coefficient (Wildman–Crippen LogP) is 1.74. The third-order valence-electron chi connectivity index (χ3n) is 2.19. The topological polar surface area (TPSA) is 55.6 Å². The molecule has 0 fully saturated rings. The van der Waals surface area contributed by atoms with E-state index in [2.05, 4.69) is 0 Å². The highest BCUT2D eigenvalue weighted by atomic mass is 16.5. The first kappa shape index (κ1) is 12.5. The van der Waals surface area contributed by atoms with Gasteiger partial charge in [-0.05, 0) is 37.6 Å². The van der Waals surface area contributed by atoms with Gasteiger partial charge in [0.25, 0.3) is 0 Å². The zero-order valence-electron chi connectivity index (χ0n) is 9.77. The van der Waals surface area contributed by atoms with Gasteiger partial charge in [0.05, 0.1) is 12.3 Å². The number of anilines is 1. The molecule has 16 heavy (non-hydrogen) atoms. The van der Waals surface area contributed by atoms with E-state index in [9.17, 15) is 4.79 Å². The molecular weight excluding hydrogens is 204 g/mol. The van der Waals surface area contributed by atoms with Gasteiger partial charge in [-0.15, -0.1) is 0 Å². The Hall–Kier alpha value is -1.55. The Balaban J connectivity index is 2.35. The van der Waals surface area contributed by atoms with E-state index in [1.165, 1.54) is 0 Å². The first-order valence-corrected chi connectivity index (χ1v) is 5.30. The summed E-state index contributed by atoms with van der Waals surface area (Å²) >= 11 is 0. The summed E-state index contributed by atoms with van der Waals surface area (Å²) in [6, 6.07) is 7.51. The summed E-state index contributed by atoms with van der Waals surface area (Å²) in [7, 11) is 1.78.